The van der Waals surface area contributed by atoms with E-state index in [2.05, 4.69) is 88.4 Å². The van der Waals surface area contributed by atoms with Gasteiger partial charge < -0.3 is 13.9 Å². The molecule has 3 nitrogen and oxygen atoms in total. The van der Waals surface area contributed by atoms with Crippen LogP contribution in [0.15, 0.2) is 60.7 Å². The van der Waals surface area contributed by atoms with E-state index in [9.17, 15) is 0 Å². The molecule has 1 atom stereocenters. The SMILES string of the molecule is CC1(CCO[Si](c2ccccc2)(c2ccccc2)C(C)(C)C)CCOC(C)(C)O1. The molecule has 158 valence electrons. The lowest BCUT2D eigenvalue weighted by Crippen LogP contribution is -2.66. The van der Waals surface area contributed by atoms with Crippen LogP contribution in [0.25, 0.3) is 0 Å². The molecule has 0 aromatic heterocycles. The van der Waals surface area contributed by atoms with Crippen LogP contribution in [0.4, 0.5) is 0 Å². The van der Waals surface area contributed by atoms with E-state index < -0.39 is 14.1 Å². The zero-order chi connectivity index (χ0) is 21.2. The zero-order valence-corrected chi connectivity index (χ0v) is 19.8. The van der Waals surface area contributed by atoms with Crippen molar-refractivity contribution in [3.63, 3.8) is 0 Å². The molecule has 0 bridgehead atoms. The van der Waals surface area contributed by atoms with Gasteiger partial charge in [0.15, 0.2) is 5.79 Å². The fourth-order valence-electron chi connectivity index (χ4n) is 4.54. The topological polar surface area (TPSA) is 27.7 Å². The molecule has 4 heteroatoms. The number of hydrogen-bond donors (Lipinski definition) is 0. The summed E-state index contributed by atoms with van der Waals surface area (Å²) in [7, 11) is -2.49. The molecular weight excluding hydrogens is 376 g/mol. The number of benzene rings is 2. The molecule has 0 spiro atoms. The Morgan fingerprint density at radius 1 is 0.897 bits per heavy atom. The number of hydrogen-bond acceptors (Lipinski definition) is 3. The van der Waals surface area contributed by atoms with Crippen LogP contribution < -0.4 is 10.4 Å². The lowest BCUT2D eigenvalue weighted by atomic mass is 9.97. The Morgan fingerprint density at radius 2 is 1.41 bits per heavy atom. The Labute approximate surface area is 177 Å². The minimum Gasteiger partial charge on any atom is -0.407 e. The molecule has 0 radical (unpaired) electrons. The number of rotatable bonds is 6. The molecular formula is C25H36O3Si. The van der Waals surface area contributed by atoms with Gasteiger partial charge in [-0.05, 0) is 49.0 Å². The van der Waals surface area contributed by atoms with Crippen molar-refractivity contribution in [3.8, 4) is 0 Å². The summed E-state index contributed by atoms with van der Waals surface area (Å²) in [5.41, 5.74) is -0.229. The van der Waals surface area contributed by atoms with Crippen molar-refractivity contribution in [1.29, 1.82) is 0 Å². The van der Waals surface area contributed by atoms with Gasteiger partial charge in [0, 0.05) is 6.61 Å². The average molecular weight is 413 g/mol. The van der Waals surface area contributed by atoms with Crippen molar-refractivity contribution in [3.05, 3.63) is 60.7 Å². The van der Waals surface area contributed by atoms with E-state index in [1.807, 2.05) is 13.8 Å². The Morgan fingerprint density at radius 3 is 1.86 bits per heavy atom. The molecule has 0 saturated carbocycles. The second-order valence-electron chi connectivity index (χ2n) is 9.81. The molecule has 2 aromatic rings. The van der Waals surface area contributed by atoms with Crippen molar-refractivity contribution < 1.29 is 13.9 Å². The maximum absolute atomic E-state index is 7.02. The summed E-state index contributed by atoms with van der Waals surface area (Å²) >= 11 is 0. The van der Waals surface area contributed by atoms with E-state index in [-0.39, 0.29) is 10.6 Å². The van der Waals surface area contributed by atoms with Crippen LogP contribution in [0.1, 0.15) is 54.4 Å². The van der Waals surface area contributed by atoms with E-state index in [4.69, 9.17) is 13.9 Å². The molecule has 0 amide bonds. The molecule has 1 saturated heterocycles. The van der Waals surface area contributed by atoms with Crippen LogP contribution in [0.3, 0.4) is 0 Å². The molecule has 0 aliphatic carbocycles. The second kappa shape index (κ2) is 8.35. The number of ether oxygens (including phenoxy) is 2. The van der Waals surface area contributed by atoms with Crippen molar-refractivity contribution in [2.75, 3.05) is 13.2 Å². The first-order valence-corrected chi connectivity index (χ1v) is 12.6. The van der Waals surface area contributed by atoms with Crippen LogP contribution in [-0.4, -0.2) is 32.9 Å². The van der Waals surface area contributed by atoms with Gasteiger partial charge in [0.05, 0.1) is 12.2 Å². The Hall–Kier alpha value is -1.46. The van der Waals surface area contributed by atoms with Crippen LogP contribution in [-0.2, 0) is 13.9 Å². The molecule has 29 heavy (non-hydrogen) atoms. The van der Waals surface area contributed by atoms with Gasteiger partial charge >= 0.3 is 0 Å². The standard InChI is InChI=1S/C25H36O3Si/c1-23(2,3)29(21-13-9-7-10-14-21,22-15-11-8-12-16-22)27-20-18-25(6)17-19-26-24(4,5)28-25/h7-16H,17-20H2,1-6H3. The van der Waals surface area contributed by atoms with Gasteiger partial charge in [0.1, 0.15) is 0 Å². The summed E-state index contributed by atoms with van der Waals surface area (Å²) in [6.45, 7) is 14.5. The predicted molar refractivity (Wildman–Crippen MR) is 122 cm³/mol. The highest BCUT2D eigenvalue weighted by Gasteiger charge is 2.50. The highest BCUT2D eigenvalue weighted by atomic mass is 28.4. The highest BCUT2D eigenvalue weighted by Crippen LogP contribution is 2.38. The smallest absolute Gasteiger partial charge is 0.261 e. The van der Waals surface area contributed by atoms with Gasteiger partial charge in [0.25, 0.3) is 8.32 Å². The largest absolute Gasteiger partial charge is 0.407 e. The third-order valence-electron chi connectivity index (χ3n) is 5.94. The maximum atomic E-state index is 7.02. The summed E-state index contributed by atoms with van der Waals surface area (Å²) in [4.78, 5) is 0. The Balaban J connectivity index is 1.92. The lowest BCUT2D eigenvalue weighted by molar-refractivity contribution is -0.307. The summed E-state index contributed by atoms with van der Waals surface area (Å²) in [6.07, 6.45) is 1.74. The van der Waals surface area contributed by atoms with Crippen molar-refractivity contribution in [2.24, 2.45) is 0 Å². The first kappa shape index (κ1) is 22.2. The van der Waals surface area contributed by atoms with Gasteiger partial charge in [-0.1, -0.05) is 81.4 Å². The first-order valence-electron chi connectivity index (χ1n) is 10.7. The summed E-state index contributed by atoms with van der Waals surface area (Å²) in [5.74, 6) is -0.537. The molecule has 1 unspecified atom stereocenters. The second-order valence-corrected chi connectivity index (χ2v) is 14.1. The molecule has 0 N–H and O–H groups in total. The van der Waals surface area contributed by atoms with Crippen molar-refractivity contribution in [1.82, 2.24) is 0 Å². The molecule has 1 aliphatic heterocycles. The molecule has 3 rings (SSSR count). The minimum absolute atomic E-state index is 0.00752. The fraction of sp³-hybridized carbons (Fsp3) is 0.520. The van der Waals surface area contributed by atoms with Gasteiger partial charge in [-0.15, -0.1) is 0 Å². The van der Waals surface area contributed by atoms with Gasteiger partial charge in [0.2, 0.25) is 0 Å². The van der Waals surface area contributed by atoms with E-state index in [1.54, 1.807) is 0 Å². The lowest BCUT2D eigenvalue weighted by Gasteiger charge is -2.46. The third kappa shape index (κ3) is 4.83. The molecule has 1 aliphatic rings. The van der Waals surface area contributed by atoms with Crippen LogP contribution in [0.2, 0.25) is 5.04 Å². The van der Waals surface area contributed by atoms with E-state index in [0.717, 1.165) is 19.4 Å². The highest BCUT2D eigenvalue weighted by molar-refractivity contribution is 6.99. The van der Waals surface area contributed by atoms with Gasteiger partial charge in [-0.2, -0.15) is 0 Å². The zero-order valence-electron chi connectivity index (χ0n) is 18.8. The first-order chi connectivity index (χ1) is 13.6. The Bertz CT molecular complexity index is 743. The van der Waals surface area contributed by atoms with Crippen LogP contribution in [0.5, 0.6) is 0 Å². The molecule has 1 fully saturated rings. The van der Waals surface area contributed by atoms with Crippen LogP contribution >= 0.6 is 0 Å². The van der Waals surface area contributed by atoms with Gasteiger partial charge in [-0.3, -0.25) is 0 Å². The van der Waals surface area contributed by atoms with Crippen molar-refractivity contribution in [2.45, 2.75) is 70.8 Å². The maximum Gasteiger partial charge on any atom is 0.261 e. The van der Waals surface area contributed by atoms with Crippen LogP contribution in [0, 0.1) is 0 Å². The predicted octanol–water partition coefficient (Wildman–Crippen LogP) is 4.88. The van der Waals surface area contributed by atoms with Crippen molar-refractivity contribution >= 4 is 18.7 Å². The molecule has 1 heterocycles. The summed E-state index contributed by atoms with van der Waals surface area (Å²) in [5, 5.41) is 2.63. The van der Waals surface area contributed by atoms with E-state index in [0.29, 0.717) is 6.61 Å². The van der Waals surface area contributed by atoms with E-state index >= 15 is 0 Å². The average Bonchev–Trinajstić information content (AvgIpc) is 2.64. The Kier molecular flexibility index (Phi) is 6.40. The monoisotopic (exact) mass is 412 g/mol. The quantitative estimate of drug-likeness (QED) is 0.633. The third-order valence-corrected chi connectivity index (χ3v) is 11.0. The summed E-state index contributed by atoms with van der Waals surface area (Å²) in [6, 6.07) is 21.6. The minimum atomic E-state index is -2.49. The van der Waals surface area contributed by atoms with E-state index in [1.165, 1.54) is 10.4 Å². The molecule has 2 aromatic carbocycles. The fourth-order valence-corrected chi connectivity index (χ4v) is 9.11. The van der Waals surface area contributed by atoms with Gasteiger partial charge in [-0.25, -0.2) is 0 Å². The summed E-state index contributed by atoms with van der Waals surface area (Å²) < 4.78 is 19.1. The normalized spacial score (nSPS) is 22.4.